The summed E-state index contributed by atoms with van der Waals surface area (Å²) in [7, 11) is 3.85. The zero-order valence-electron chi connectivity index (χ0n) is 9.36. The van der Waals surface area contributed by atoms with Crippen LogP contribution in [0, 0.1) is 0 Å². The third-order valence-electron chi connectivity index (χ3n) is 2.87. The summed E-state index contributed by atoms with van der Waals surface area (Å²) in [5.41, 5.74) is 2.68. The number of likely N-dealkylation sites (tertiary alicyclic amines) is 1. The minimum atomic E-state index is 0.914. The first-order valence-electron chi connectivity index (χ1n) is 5.35. The molecule has 0 atom stereocenters. The van der Waals surface area contributed by atoms with E-state index in [1.54, 1.807) is 7.11 Å². The molecular weight excluding hydrogens is 186 g/mol. The first-order valence-corrected chi connectivity index (χ1v) is 5.35. The Balaban J connectivity index is 2.16. The Kier molecular flexibility index (Phi) is 2.95. The quantitative estimate of drug-likeness (QED) is 0.732. The average Bonchev–Trinajstić information content (AvgIpc) is 2.66. The van der Waals surface area contributed by atoms with Crippen molar-refractivity contribution >= 4 is 6.08 Å². The highest BCUT2D eigenvalue weighted by molar-refractivity contribution is 5.53. The summed E-state index contributed by atoms with van der Waals surface area (Å²) in [5.74, 6) is 0.914. The van der Waals surface area contributed by atoms with E-state index in [4.69, 9.17) is 4.74 Å². The number of ether oxygens (including phenoxy) is 1. The Morgan fingerprint density at radius 2 is 2.00 bits per heavy atom. The van der Waals surface area contributed by atoms with Crippen LogP contribution in [0.3, 0.4) is 0 Å². The van der Waals surface area contributed by atoms with Crippen molar-refractivity contribution in [2.45, 2.75) is 12.8 Å². The fourth-order valence-corrected chi connectivity index (χ4v) is 1.91. The van der Waals surface area contributed by atoms with Gasteiger partial charge in [-0.25, -0.2) is 0 Å². The van der Waals surface area contributed by atoms with Gasteiger partial charge in [0.2, 0.25) is 0 Å². The smallest absolute Gasteiger partial charge is 0.118 e. The molecule has 0 aliphatic carbocycles. The Morgan fingerprint density at radius 1 is 1.27 bits per heavy atom. The number of nitrogens with zero attached hydrogens (tertiary/aromatic N) is 1. The van der Waals surface area contributed by atoms with E-state index in [0.717, 1.165) is 5.75 Å². The van der Waals surface area contributed by atoms with Crippen LogP contribution in [0.5, 0.6) is 5.75 Å². The Labute approximate surface area is 91.2 Å². The van der Waals surface area contributed by atoms with Gasteiger partial charge >= 0.3 is 0 Å². The molecule has 0 spiro atoms. The molecule has 1 aromatic rings. The first-order chi connectivity index (χ1) is 7.29. The molecule has 0 N–H and O–H groups in total. The highest BCUT2D eigenvalue weighted by Gasteiger charge is 2.11. The lowest BCUT2D eigenvalue weighted by molar-refractivity contribution is 0.415. The van der Waals surface area contributed by atoms with E-state index in [2.05, 4.69) is 30.2 Å². The second-order valence-electron chi connectivity index (χ2n) is 3.93. The van der Waals surface area contributed by atoms with Gasteiger partial charge in [-0.1, -0.05) is 12.1 Å². The summed E-state index contributed by atoms with van der Waals surface area (Å²) in [5, 5.41) is 0. The Hall–Kier alpha value is -1.44. The molecule has 0 radical (unpaired) electrons. The van der Waals surface area contributed by atoms with Gasteiger partial charge in [0.1, 0.15) is 5.75 Å². The van der Waals surface area contributed by atoms with Crippen molar-refractivity contribution in [2.24, 2.45) is 0 Å². The van der Waals surface area contributed by atoms with Crippen LogP contribution in [0.2, 0.25) is 0 Å². The van der Waals surface area contributed by atoms with Crippen molar-refractivity contribution in [3.8, 4) is 5.75 Å². The van der Waals surface area contributed by atoms with Crippen molar-refractivity contribution in [1.82, 2.24) is 4.90 Å². The number of rotatable bonds is 2. The third kappa shape index (κ3) is 2.32. The van der Waals surface area contributed by atoms with Gasteiger partial charge in [0, 0.05) is 19.3 Å². The lowest BCUT2D eigenvalue weighted by Crippen LogP contribution is -2.09. The van der Waals surface area contributed by atoms with Crippen LogP contribution in [-0.2, 0) is 0 Å². The van der Waals surface area contributed by atoms with Gasteiger partial charge in [0.15, 0.2) is 0 Å². The monoisotopic (exact) mass is 203 g/mol. The molecule has 0 saturated carbocycles. The summed E-state index contributed by atoms with van der Waals surface area (Å²) < 4.78 is 5.13. The lowest BCUT2D eigenvalue weighted by atomic mass is 10.1. The number of allylic oxidation sites excluding steroid dienone is 1. The summed E-state index contributed by atoms with van der Waals surface area (Å²) in [6.07, 6.45) is 4.73. The van der Waals surface area contributed by atoms with Crippen LogP contribution in [-0.4, -0.2) is 25.6 Å². The van der Waals surface area contributed by atoms with E-state index in [9.17, 15) is 0 Å². The van der Waals surface area contributed by atoms with Gasteiger partial charge in [-0.15, -0.1) is 0 Å². The molecule has 1 aliphatic rings. The molecule has 2 rings (SSSR count). The van der Waals surface area contributed by atoms with Crippen molar-refractivity contribution < 1.29 is 4.74 Å². The van der Waals surface area contributed by atoms with Crippen molar-refractivity contribution in [3.05, 3.63) is 35.5 Å². The van der Waals surface area contributed by atoms with Gasteiger partial charge in [-0.05, 0) is 36.6 Å². The summed E-state index contributed by atoms with van der Waals surface area (Å²) in [4.78, 5) is 2.32. The molecule has 80 valence electrons. The minimum Gasteiger partial charge on any atom is -0.497 e. The zero-order chi connectivity index (χ0) is 10.7. The van der Waals surface area contributed by atoms with Gasteiger partial charge < -0.3 is 9.64 Å². The van der Waals surface area contributed by atoms with E-state index < -0.39 is 0 Å². The Bertz CT molecular complexity index is 353. The second-order valence-corrected chi connectivity index (χ2v) is 3.93. The molecule has 2 heteroatoms. The summed E-state index contributed by atoms with van der Waals surface area (Å²) >= 11 is 0. The van der Waals surface area contributed by atoms with Crippen LogP contribution in [0.25, 0.3) is 6.08 Å². The van der Waals surface area contributed by atoms with Crippen LogP contribution in [0.1, 0.15) is 18.4 Å². The summed E-state index contributed by atoms with van der Waals surface area (Å²) in [6.45, 7) is 1.18. The Morgan fingerprint density at radius 3 is 2.53 bits per heavy atom. The molecule has 1 fully saturated rings. The SMILES string of the molecule is COc1ccc(/C=C2\CCCN2C)cc1. The van der Waals surface area contributed by atoms with Crippen LogP contribution >= 0.6 is 0 Å². The molecule has 15 heavy (non-hydrogen) atoms. The highest BCUT2D eigenvalue weighted by Crippen LogP contribution is 2.22. The topological polar surface area (TPSA) is 12.5 Å². The number of hydrogen-bond donors (Lipinski definition) is 0. The van der Waals surface area contributed by atoms with Crippen LogP contribution in [0.15, 0.2) is 30.0 Å². The molecule has 1 aromatic carbocycles. The first kappa shape index (κ1) is 10.1. The fraction of sp³-hybridized carbons (Fsp3) is 0.385. The largest absolute Gasteiger partial charge is 0.497 e. The third-order valence-corrected chi connectivity index (χ3v) is 2.87. The zero-order valence-corrected chi connectivity index (χ0v) is 9.36. The van der Waals surface area contributed by atoms with Gasteiger partial charge in [-0.2, -0.15) is 0 Å². The predicted molar refractivity (Wildman–Crippen MR) is 62.8 cm³/mol. The minimum absolute atomic E-state index is 0.914. The van der Waals surface area contributed by atoms with Gasteiger partial charge in [0.05, 0.1) is 7.11 Å². The van der Waals surface area contributed by atoms with Crippen molar-refractivity contribution in [3.63, 3.8) is 0 Å². The van der Waals surface area contributed by atoms with Gasteiger partial charge in [0.25, 0.3) is 0 Å². The highest BCUT2D eigenvalue weighted by atomic mass is 16.5. The molecule has 0 amide bonds. The fourth-order valence-electron chi connectivity index (χ4n) is 1.91. The maximum absolute atomic E-state index is 5.13. The van der Waals surface area contributed by atoms with Gasteiger partial charge in [-0.3, -0.25) is 0 Å². The number of hydrogen-bond acceptors (Lipinski definition) is 2. The van der Waals surface area contributed by atoms with E-state index >= 15 is 0 Å². The molecular formula is C13H17NO. The maximum atomic E-state index is 5.13. The predicted octanol–water partition coefficient (Wildman–Crippen LogP) is 2.76. The van der Waals surface area contributed by atoms with E-state index in [-0.39, 0.29) is 0 Å². The lowest BCUT2D eigenvalue weighted by Gasteiger charge is -2.12. The maximum Gasteiger partial charge on any atom is 0.118 e. The second kappa shape index (κ2) is 4.39. The van der Waals surface area contributed by atoms with Crippen molar-refractivity contribution in [2.75, 3.05) is 20.7 Å². The molecule has 0 bridgehead atoms. The van der Waals surface area contributed by atoms with Crippen LogP contribution in [0.4, 0.5) is 0 Å². The average molecular weight is 203 g/mol. The molecule has 0 unspecified atom stereocenters. The van der Waals surface area contributed by atoms with E-state index in [1.807, 2.05) is 12.1 Å². The standard InChI is InChI=1S/C13H17NO/c1-14-9-3-4-12(14)10-11-5-7-13(15-2)8-6-11/h5-8,10H,3-4,9H2,1-2H3/b12-10+. The van der Waals surface area contributed by atoms with E-state index in [0.29, 0.717) is 0 Å². The molecule has 2 nitrogen and oxygen atoms in total. The normalized spacial score (nSPS) is 18.5. The number of benzene rings is 1. The molecule has 1 heterocycles. The summed E-state index contributed by atoms with van der Waals surface area (Å²) in [6, 6.07) is 8.19. The molecule has 1 aliphatic heterocycles. The van der Waals surface area contributed by atoms with Crippen LogP contribution < -0.4 is 4.74 Å². The number of methoxy groups -OCH3 is 1. The van der Waals surface area contributed by atoms with Crippen molar-refractivity contribution in [1.29, 1.82) is 0 Å². The molecule has 0 aromatic heterocycles. The van der Waals surface area contributed by atoms with E-state index in [1.165, 1.54) is 30.6 Å². The molecule has 1 saturated heterocycles.